The first-order valence-electron chi connectivity index (χ1n) is 10.6. The molecule has 1 aliphatic rings. The van der Waals surface area contributed by atoms with Gasteiger partial charge in [0.25, 0.3) is 6.20 Å². The topological polar surface area (TPSA) is 96.8 Å². The normalized spacial score (nSPS) is 18.3. The number of amides is 2. The van der Waals surface area contributed by atoms with Crippen molar-refractivity contribution in [2.24, 2.45) is 5.92 Å². The number of aromatic nitrogens is 4. The van der Waals surface area contributed by atoms with E-state index in [-0.39, 0.29) is 25.1 Å². The van der Waals surface area contributed by atoms with Crippen LogP contribution in [0, 0.1) is 19.8 Å². The van der Waals surface area contributed by atoms with Crippen molar-refractivity contribution < 1.29 is 27.2 Å². The third-order valence-corrected chi connectivity index (χ3v) is 5.79. The second-order valence-corrected chi connectivity index (χ2v) is 8.23. The van der Waals surface area contributed by atoms with Crippen LogP contribution in [0.5, 0.6) is 0 Å². The molecule has 0 aliphatic heterocycles. The van der Waals surface area contributed by atoms with Gasteiger partial charge in [-0.2, -0.15) is 13.2 Å². The van der Waals surface area contributed by atoms with Crippen molar-refractivity contribution in [2.75, 3.05) is 5.32 Å². The molecular formula is C22H24F3N6O2+. The van der Waals surface area contributed by atoms with Crippen LogP contribution in [-0.2, 0) is 6.54 Å². The van der Waals surface area contributed by atoms with Crippen molar-refractivity contribution in [2.45, 2.75) is 51.9 Å². The van der Waals surface area contributed by atoms with Crippen LogP contribution in [0.3, 0.4) is 0 Å². The Bertz CT molecular complexity index is 1110. The maximum Gasteiger partial charge on any atom is 0.391 e. The molecule has 33 heavy (non-hydrogen) atoms. The Morgan fingerprint density at radius 3 is 2.48 bits per heavy atom. The number of aryl methyl sites for hydroxylation is 2. The second kappa shape index (κ2) is 9.16. The van der Waals surface area contributed by atoms with Crippen LogP contribution in [0.1, 0.15) is 36.2 Å². The highest BCUT2D eigenvalue weighted by Gasteiger charge is 2.44. The summed E-state index contributed by atoms with van der Waals surface area (Å²) in [7, 11) is 0. The van der Waals surface area contributed by atoms with Gasteiger partial charge < -0.3 is 5.32 Å². The Morgan fingerprint density at radius 2 is 1.85 bits per heavy atom. The van der Waals surface area contributed by atoms with Crippen molar-refractivity contribution in [3.8, 4) is 11.1 Å². The predicted octanol–water partition coefficient (Wildman–Crippen LogP) is 3.94. The van der Waals surface area contributed by atoms with E-state index in [0.29, 0.717) is 6.54 Å². The Hall–Kier alpha value is -3.50. The molecular weight excluding hydrogens is 437 g/mol. The van der Waals surface area contributed by atoms with Gasteiger partial charge in [0.2, 0.25) is 11.8 Å². The van der Waals surface area contributed by atoms with Gasteiger partial charge >= 0.3 is 18.1 Å². The number of nitrogens with one attached hydrogen (secondary N) is 2. The first-order valence-corrected chi connectivity index (χ1v) is 10.6. The lowest BCUT2D eigenvalue weighted by Crippen LogP contribution is -2.37. The number of carbonyl (C=O) groups is 1. The summed E-state index contributed by atoms with van der Waals surface area (Å²) in [5.74, 6) is -1.27. The monoisotopic (exact) mass is 461 g/mol. The molecule has 2 aromatic heterocycles. The molecule has 11 heteroatoms. The number of benzene rings is 1. The summed E-state index contributed by atoms with van der Waals surface area (Å²) in [6.45, 7) is 4.29. The van der Waals surface area contributed by atoms with Crippen molar-refractivity contribution in [1.29, 1.82) is 0 Å². The summed E-state index contributed by atoms with van der Waals surface area (Å²) in [4.78, 5) is 20.6. The average molecular weight is 461 g/mol. The number of rotatable bonds is 5. The summed E-state index contributed by atoms with van der Waals surface area (Å²) >= 11 is 0. The average Bonchev–Trinajstić information content (AvgIpc) is 3.38. The number of anilines is 1. The first-order chi connectivity index (χ1) is 15.7. The van der Waals surface area contributed by atoms with E-state index in [2.05, 4.69) is 25.9 Å². The van der Waals surface area contributed by atoms with E-state index in [0.717, 1.165) is 28.1 Å². The highest BCUT2D eigenvalue weighted by Crippen LogP contribution is 2.38. The fourth-order valence-corrected chi connectivity index (χ4v) is 4.13. The summed E-state index contributed by atoms with van der Waals surface area (Å²) in [6.07, 6.45) is -0.974. The predicted molar refractivity (Wildman–Crippen MR) is 112 cm³/mol. The molecule has 2 N–H and O–H groups in total. The molecule has 0 bridgehead atoms. The van der Waals surface area contributed by atoms with Crippen LogP contribution in [0.2, 0.25) is 0 Å². The molecule has 2 heterocycles. The van der Waals surface area contributed by atoms with Gasteiger partial charge in [-0.1, -0.05) is 24.3 Å². The molecule has 1 fully saturated rings. The standard InChI is InChI=1S/C22H23F3N6O2/c1-13-20(14(2)27-12-26-13)16-5-3-15(4-6-16)10-31-11-19(33-30-31)29-21(32)28-18-8-7-17(9-18)22(23,24)25/h3-6,11-12,17-18H,7-10H2,1-2H3,(H-,28,29,30,32)/p+1/t17-,18-/m0/s1. The van der Waals surface area contributed by atoms with Gasteiger partial charge in [-0.25, -0.2) is 14.8 Å². The van der Waals surface area contributed by atoms with Gasteiger partial charge in [0.15, 0.2) is 0 Å². The van der Waals surface area contributed by atoms with Crippen LogP contribution in [0.4, 0.5) is 23.8 Å². The number of urea groups is 1. The highest BCUT2D eigenvalue weighted by atomic mass is 19.4. The zero-order valence-corrected chi connectivity index (χ0v) is 18.2. The van der Waals surface area contributed by atoms with Crippen molar-refractivity contribution in [1.82, 2.24) is 20.6 Å². The summed E-state index contributed by atoms with van der Waals surface area (Å²) in [6, 6.07) is 6.74. The quantitative estimate of drug-likeness (QED) is 0.561. The fraction of sp³-hybridized carbons (Fsp3) is 0.409. The molecule has 0 saturated heterocycles. The van der Waals surface area contributed by atoms with E-state index in [1.165, 1.54) is 10.9 Å². The zero-order chi connectivity index (χ0) is 23.6. The van der Waals surface area contributed by atoms with Gasteiger partial charge in [0.1, 0.15) is 6.33 Å². The molecule has 2 amide bonds. The van der Waals surface area contributed by atoms with Gasteiger partial charge in [-0.15, -0.1) is 0 Å². The molecule has 3 aromatic rings. The third kappa shape index (κ3) is 5.47. The number of hydrogen-bond acceptors (Lipinski definition) is 5. The SMILES string of the molecule is Cc1ncnc(C)c1-c1ccc(C[n+]2cc(NC(=O)N[C@H]3CC[C@H](C(F)(F)F)C3)on2)cc1. The van der Waals surface area contributed by atoms with E-state index in [4.69, 9.17) is 4.52 Å². The van der Waals surface area contributed by atoms with E-state index in [1.807, 2.05) is 38.1 Å². The maximum atomic E-state index is 12.8. The summed E-state index contributed by atoms with van der Waals surface area (Å²) in [5.41, 5.74) is 4.78. The Kier molecular flexibility index (Phi) is 6.30. The molecule has 4 rings (SSSR count). The zero-order valence-electron chi connectivity index (χ0n) is 18.2. The summed E-state index contributed by atoms with van der Waals surface area (Å²) in [5, 5.41) is 8.92. The minimum absolute atomic E-state index is 0.0198. The van der Waals surface area contributed by atoms with Gasteiger partial charge in [-0.3, -0.25) is 9.84 Å². The number of halogens is 3. The van der Waals surface area contributed by atoms with Crippen molar-refractivity contribution >= 4 is 11.9 Å². The van der Waals surface area contributed by atoms with E-state index < -0.39 is 24.2 Å². The van der Waals surface area contributed by atoms with Crippen LogP contribution >= 0.6 is 0 Å². The van der Waals surface area contributed by atoms with Crippen LogP contribution in [0.15, 0.2) is 41.3 Å². The third-order valence-electron chi connectivity index (χ3n) is 5.79. The smallest absolute Gasteiger partial charge is 0.335 e. The van der Waals surface area contributed by atoms with E-state index in [1.54, 1.807) is 6.33 Å². The largest absolute Gasteiger partial charge is 0.391 e. The van der Waals surface area contributed by atoms with Crippen molar-refractivity contribution in [3.05, 3.63) is 53.7 Å². The molecule has 1 saturated carbocycles. The molecule has 8 nitrogen and oxygen atoms in total. The molecule has 174 valence electrons. The van der Waals surface area contributed by atoms with E-state index in [9.17, 15) is 18.0 Å². The molecule has 0 radical (unpaired) electrons. The van der Waals surface area contributed by atoms with Crippen molar-refractivity contribution in [3.63, 3.8) is 0 Å². The summed E-state index contributed by atoms with van der Waals surface area (Å²) < 4.78 is 45.0. The lowest BCUT2D eigenvalue weighted by molar-refractivity contribution is -0.754. The van der Waals surface area contributed by atoms with E-state index >= 15 is 0 Å². The lowest BCUT2D eigenvalue weighted by atomic mass is 10.0. The van der Waals surface area contributed by atoms with Gasteiger partial charge in [0, 0.05) is 28.6 Å². The number of hydrogen-bond donors (Lipinski definition) is 2. The molecule has 0 spiro atoms. The van der Waals surface area contributed by atoms with Crippen LogP contribution in [0.25, 0.3) is 11.1 Å². The minimum Gasteiger partial charge on any atom is -0.335 e. The Balaban J connectivity index is 1.32. The Labute approximate surface area is 188 Å². The fourth-order valence-electron chi connectivity index (χ4n) is 4.13. The highest BCUT2D eigenvalue weighted by molar-refractivity contribution is 5.87. The number of carbonyl (C=O) groups excluding carboxylic acids is 1. The molecule has 1 aromatic carbocycles. The van der Waals surface area contributed by atoms with Crippen LogP contribution in [-0.4, -0.2) is 33.5 Å². The van der Waals surface area contributed by atoms with Crippen LogP contribution < -0.4 is 15.3 Å². The lowest BCUT2D eigenvalue weighted by Gasteiger charge is -2.15. The minimum atomic E-state index is -4.23. The number of alkyl halides is 3. The molecule has 0 unspecified atom stereocenters. The number of nitrogens with zero attached hydrogens (tertiary/aromatic N) is 4. The van der Waals surface area contributed by atoms with Gasteiger partial charge in [-0.05, 0) is 43.4 Å². The Morgan fingerprint density at radius 1 is 1.15 bits per heavy atom. The molecule has 1 aliphatic carbocycles. The second-order valence-electron chi connectivity index (χ2n) is 8.23. The first kappa shape index (κ1) is 22.7. The van der Waals surface area contributed by atoms with Gasteiger partial charge in [0.05, 0.1) is 5.92 Å². The maximum absolute atomic E-state index is 12.8. The molecule has 2 atom stereocenters.